The molecule has 1 aromatic heterocycles. The highest BCUT2D eigenvalue weighted by molar-refractivity contribution is 5.88. The first kappa shape index (κ1) is 48.5. The molecule has 4 heterocycles. The van der Waals surface area contributed by atoms with Crippen LogP contribution in [0.5, 0.6) is 28.7 Å². The lowest BCUT2D eigenvalue weighted by atomic mass is 9.89. The Bertz CT molecular complexity index is 2420. The number of aliphatic hydroxyl groups is 10. The summed E-state index contributed by atoms with van der Waals surface area (Å²) in [6.45, 7) is -2.32. The molecule has 23 heteroatoms. The van der Waals surface area contributed by atoms with Crippen molar-refractivity contribution in [2.45, 2.75) is 91.9 Å². The molecule has 15 atom stereocenters. The van der Waals surface area contributed by atoms with Gasteiger partial charge in [0.1, 0.15) is 120 Å². The van der Waals surface area contributed by atoms with Gasteiger partial charge in [0.05, 0.1) is 25.9 Å². The van der Waals surface area contributed by atoms with Gasteiger partial charge in [-0.2, -0.15) is 0 Å². The number of hydrogen-bond donors (Lipinski definition) is 13. The van der Waals surface area contributed by atoms with E-state index in [-0.39, 0.29) is 34.2 Å². The first-order valence-corrected chi connectivity index (χ1v) is 20.3. The first-order valence-electron chi connectivity index (χ1n) is 20.3. The van der Waals surface area contributed by atoms with Crippen molar-refractivity contribution in [2.75, 3.05) is 26.9 Å². The molecule has 0 spiro atoms. The van der Waals surface area contributed by atoms with Crippen LogP contribution in [-0.2, 0) is 28.5 Å². The lowest BCUT2D eigenvalue weighted by Gasteiger charge is -2.46. The molecule has 0 bridgehead atoms. The van der Waals surface area contributed by atoms with Gasteiger partial charge in [0.2, 0.25) is 6.29 Å². The molecule has 13 N–H and O–H groups in total. The van der Waals surface area contributed by atoms with Crippen LogP contribution < -0.4 is 14.9 Å². The highest BCUT2D eigenvalue weighted by Crippen LogP contribution is 2.46. The SMILES string of the molecule is COc1cc(-c2cc(=O)c3c(O)c(C4OC(CO)C(O)C(O)C4OC4OC(COC(=O)C=Cc5ccc(O)cc5)C(O)C(O)C4O)c(O)cc3o2)ccc1OC1OC(CO)C(O)C(O)C1O. The number of fused-ring (bicyclic) bond motifs is 1. The largest absolute Gasteiger partial charge is 0.508 e. The maximum absolute atomic E-state index is 13.8. The lowest BCUT2D eigenvalue weighted by molar-refractivity contribution is -0.342. The molecule has 0 aliphatic carbocycles. The summed E-state index contributed by atoms with van der Waals surface area (Å²) in [6, 6.07) is 11.8. The minimum absolute atomic E-state index is 0.00187. The van der Waals surface area contributed by atoms with Crippen LogP contribution in [-0.4, -0.2) is 185 Å². The van der Waals surface area contributed by atoms with Crippen molar-refractivity contribution in [3.8, 4) is 40.1 Å². The second-order valence-corrected chi connectivity index (χ2v) is 15.6. The van der Waals surface area contributed by atoms with E-state index in [1.165, 1.54) is 55.7 Å². The predicted octanol–water partition coefficient (Wildman–Crippen LogP) is -2.63. The van der Waals surface area contributed by atoms with Crippen LogP contribution in [0.1, 0.15) is 17.2 Å². The normalized spacial score (nSPS) is 32.6. The zero-order valence-electron chi connectivity index (χ0n) is 34.5. The Labute approximate surface area is 372 Å². The van der Waals surface area contributed by atoms with E-state index >= 15 is 0 Å². The highest BCUT2D eigenvalue weighted by Gasteiger charge is 2.52. The Balaban J connectivity index is 1.14. The van der Waals surface area contributed by atoms with E-state index in [2.05, 4.69) is 0 Å². The van der Waals surface area contributed by atoms with E-state index in [0.29, 0.717) is 5.56 Å². The van der Waals surface area contributed by atoms with Gasteiger partial charge in [-0.3, -0.25) is 4.79 Å². The number of methoxy groups -OCH3 is 1. The number of rotatable bonds is 13. The molecule has 3 aliphatic heterocycles. The van der Waals surface area contributed by atoms with Crippen molar-refractivity contribution in [1.82, 2.24) is 0 Å². The summed E-state index contributed by atoms with van der Waals surface area (Å²) in [5, 5.41) is 137. The van der Waals surface area contributed by atoms with E-state index in [1.807, 2.05) is 0 Å². The van der Waals surface area contributed by atoms with E-state index in [0.717, 1.165) is 18.2 Å². The monoisotopic (exact) mass is 932 g/mol. The van der Waals surface area contributed by atoms with Crippen LogP contribution in [0, 0.1) is 0 Å². The van der Waals surface area contributed by atoms with Gasteiger partial charge in [0.25, 0.3) is 0 Å². The Morgan fingerprint density at radius 1 is 0.697 bits per heavy atom. The van der Waals surface area contributed by atoms with Gasteiger partial charge >= 0.3 is 5.97 Å². The Hall–Kier alpha value is -5.48. The van der Waals surface area contributed by atoms with Crippen LogP contribution >= 0.6 is 0 Å². The number of aromatic hydroxyl groups is 3. The number of phenolic OH excluding ortho intramolecular Hbond substituents is 3. The van der Waals surface area contributed by atoms with Crippen LogP contribution in [0.3, 0.4) is 0 Å². The van der Waals surface area contributed by atoms with Crippen LogP contribution in [0.15, 0.2) is 69.9 Å². The molecule has 0 radical (unpaired) electrons. The highest BCUT2D eigenvalue weighted by atomic mass is 16.7. The topological polar surface area (TPSA) is 375 Å². The summed E-state index contributed by atoms with van der Waals surface area (Å²) in [5.41, 5.74) is -1.19. The molecule has 3 fully saturated rings. The summed E-state index contributed by atoms with van der Waals surface area (Å²) >= 11 is 0. The summed E-state index contributed by atoms with van der Waals surface area (Å²) in [7, 11) is 1.26. The molecule has 0 amide bonds. The third-order valence-corrected chi connectivity index (χ3v) is 11.4. The minimum atomic E-state index is -2.07. The van der Waals surface area contributed by atoms with Crippen LogP contribution in [0.25, 0.3) is 28.4 Å². The zero-order chi connectivity index (χ0) is 47.7. The fourth-order valence-corrected chi connectivity index (χ4v) is 7.69. The molecule has 0 saturated carbocycles. The number of ether oxygens (including phenoxy) is 7. The van der Waals surface area contributed by atoms with E-state index in [9.17, 15) is 76.0 Å². The number of phenols is 3. The number of benzene rings is 3. The van der Waals surface area contributed by atoms with Gasteiger partial charge in [-0.25, -0.2) is 4.79 Å². The average molecular weight is 933 g/mol. The molecular weight excluding hydrogens is 884 g/mol. The van der Waals surface area contributed by atoms with E-state index < -0.39 is 146 Å². The molecule has 3 saturated heterocycles. The average Bonchev–Trinajstić information content (AvgIpc) is 3.30. The van der Waals surface area contributed by atoms with Crippen molar-refractivity contribution in [3.63, 3.8) is 0 Å². The Kier molecular flexibility index (Phi) is 14.8. The molecule has 7 rings (SSSR count). The van der Waals surface area contributed by atoms with E-state index in [1.54, 1.807) is 0 Å². The number of hydrogen-bond acceptors (Lipinski definition) is 23. The number of carbonyl (C=O) groups is 1. The number of esters is 1. The smallest absolute Gasteiger partial charge is 0.330 e. The second-order valence-electron chi connectivity index (χ2n) is 15.6. The fourth-order valence-electron chi connectivity index (χ4n) is 7.69. The van der Waals surface area contributed by atoms with Gasteiger partial charge in [-0.05, 0) is 42.0 Å². The molecular formula is C43H48O23. The van der Waals surface area contributed by atoms with Crippen molar-refractivity contribution in [3.05, 3.63) is 82.0 Å². The van der Waals surface area contributed by atoms with Crippen LogP contribution in [0.4, 0.5) is 0 Å². The first-order chi connectivity index (χ1) is 31.4. The van der Waals surface area contributed by atoms with Crippen molar-refractivity contribution < 1.29 is 109 Å². The second kappa shape index (κ2) is 20.2. The summed E-state index contributed by atoms with van der Waals surface area (Å²) in [6.07, 6.45) is -24.4. The van der Waals surface area contributed by atoms with E-state index in [4.69, 9.17) is 37.6 Å². The fraction of sp³-hybridized carbons (Fsp3) is 0.442. The summed E-state index contributed by atoms with van der Waals surface area (Å²) in [5.74, 6) is -2.89. The minimum Gasteiger partial charge on any atom is -0.508 e. The Morgan fingerprint density at radius 3 is 1.98 bits per heavy atom. The van der Waals surface area contributed by atoms with Gasteiger partial charge in [-0.15, -0.1) is 0 Å². The van der Waals surface area contributed by atoms with Crippen molar-refractivity contribution in [1.29, 1.82) is 0 Å². The third-order valence-electron chi connectivity index (χ3n) is 11.4. The quantitative estimate of drug-likeness (QED) is 0.0482. The van der Waals surface area contributed by atoms with Crippen LogP contribution in [0.2, 0.25) is 0 Å². The lowest BCUT2D eigenvalue weighted by Crippen LogP contribution is -2.63. The summed E-state index contributed by atoms with van der Waals surface area (Å²) in [4.78, 5) is 26.2. The predicted molar refractivity (Wildman–Crippen MR) is 219 cm³/mol. The third kappa shape index (κ3) is 9.67. The number of carbonyl (C=O) groups excluding carboxylic acids is 1. The zero-order valence-corrected chi connectivity index (χ0v) is 34.5. The molecule has 23 nitrogen and oxygen atoms in total. The standard InChI is InChI=1S/C43H48O23/c1-59-23-10-17(5-8-21(23)63-42-38(57)35(54)31(50)26(14-45)64-42)22-11-19(47)29-24(61-22)12-20(48)30(34(29)53)40-41(37(56)32(51)25(13-44)62-40)66-43-39(58)36(55)33(52)27(65-43)15-60-28(49)9-4-16-2-6-18(46)7-3-16/h2-12,25-27,31-33,35-46,48,50-58H,13-15H2,1H3. The van der Waals surface area contributed by atoms with Gasteiger partial charge in [-0.1, -0.05) is 12.1 Å². The molecule has 15 unspecified atom stereocenters. The van der Waals surface area contributed by atoms with Crippen molar-refractivity contribution in [2.24, 2.45) is 0 Å². The molecule has 358 valence electrons. The number of aliphatic hydroxyl groups excluding tert-OH is 10. The maximum Gasteiger partial charge on any atom is 0.330 e. The Morgan fingerprint density at radius 2 is 1.32 bits per heavy atom. The molecule has 4 aromatic rings. The maximum atomic E-state index is 13.8. The van der Waals surface area contributed by atoms with Gasteiger partial charge in [0.15, 0.2) is 23.2 Å². The van der Waals surface area contributed by atoms with Gasteiger partial charge in [0, 0.05) is 23.8 Å². The summed E-state index contributed by atoms with van der Waals surface area (Å²) < 4.78 is 44.9. The van der Waals surface area contributed by atoms with Gasteiger partial charge < -0.3 is 104 Å². The molecule has 3 aliphatic rings. The molecule has 3 aromatic carbocycles. The molecule has 66 heavy (non-hydrogen) atoms. The van der Waals surface area contributed by atoms with Crippen molar-refractivity contribution >= 4 is 23.0 Å².